The molecule has 0 fully saturated rings. The monoisotopic (exact) mass is 182 g/mol. The second-order valence-electron chi connectivity index (χ2n) is 3.40. The Bertz CT molecular complexity index is 203. The number of carbonyl (C=O) groups is 1. The first-order valence-electron chi connectivity index (χ1n) is 4.43. The van der Waals surface area contributed by atoms with Gasteiger partial charge in [-0.25, -0.2) is 0 Å². The first kappa shape index (κ1) is 12.0. The van der Waals surface area contributed by atoms with Crippen LogP contribution in [0.3, 0.4) is 0 Å². The van der Waals surface area contributed by atoms with Crippen molar-refractivity contribution in [2.75, 3.05) is 0 Å². The molecule has 0 spiro atoms. The molecule has 0 atom stereocenters. The largest absolute Gasteiger partial charge is 0.444 e. The molecule has 0 bridgehead atoms. The Balaban J connectivity index is 3.70. The van der Waals surface area contributed by atoms with E-state index in [-0.39, 0.29) is 5.97 Å². The van der Waals surface area contributed by atoms with Crippen LogP contribution in [0.15, 0.2) is 0 Å². The van der Waals surface area contributed by atoms with Gasteiger partial charge in [0.2, 0.25) is 0 Å². The average Bonchev–Trinajstić information content (AvgIpc) is 2.04. The van der Waals surface area contributed by atoms with Gasteiger partial charge in [0.05, 0.1) is 0 Å². The summed E-state index contributed by atoms with van der Waals surface area (Å²) in [5, 5.41) is 8.58. The van der Waals surface area contributed by atoms with Crippen molar-refractivity contribution in [2.24, 2.45) is 0 Å². The molecule has 73 valence electrons. The Kier molecular flexibility index (Phi) is 5.13. The van der Waals surface area contributed by atoms with Crippen molar-refractivity contribution < 1.29 is 9.53 Å². The van der Waals surface area contributed by atoms with E-state index in [0.717, 1.165) is 12.8 Å². The third-order valence-corrected chi connectivity index (χ3v) is 1.51. The van der Waals surface area contributed by atoms with E-state index in [1.807, 2.05) is 19.4 Å². The second kappa shape index (κ2) is 5.58. The quantitative estimate of drug-likeness (QED) is 0.484. The van der Waals surface area contributed by atoms with Crippen LogP contribution < -0.4 is 0 Å². The van der Waals surface area contributed by atoms with Crippen LogP contribution in [0.2, 0.25) is 0 Å². The average molecular weight is 182 g/mol. The van der Waals surface area contributed by atoms with Crippen molar-refractivity contribution >= 4 is 5.97 Å². The van der Waals surface area contributed by atoms with Crippen molar-refractivity contribution in [1.82, 2.24) is 0 Å². The van der Waals surface area contributed by atoms with E-state index < -0.39 is 5.60 Å². The highest BCUT2D eigenvalue weighted by atomic mass is 16.6. The summed E-state index contributed by atoms with van der Waals surface area (Å²) < 4.78 is 4.92. The third kappa shape index (κ3) is 6.15. The van der Waals surface area contributed by atoms with E-state index in [1.165, 1.54) is 0 Å². The lowest BCUT2D eigenvalue weighted by molar-refractivity contribution is -0.152. The minimum Gasteiger partial charge on any atom is -0.444 e. The summed E-state index contributed by atoms with van der Waals surface area (Å²) in [5.41, 5.74) is -0.993. The summed E-state index contributed by atoms with van der Waals surface area (Å²) in [7, 11) is 0. The van der Waals surface area contributed by atoms with Gasteiger partial charge in [-0.3, -0.25) is 4.79 Å². The zero-order valence-electron chi connectivity index (χ0n) is 8.46. The summed E-state index contributed by atoms with van der Waals surface area (Å²) >= 11 is 0. The summed E-state index contributed by atoms with van der Waals surface area (Å²) in [5.74, 6) is -0.298. The molecule has 0 aliphatic rings. The molecule has 0 saturated carbocycles. The van der Waals surface area contributed by atoms with Gasteiger partial charge in [0.25, 0.3) is 0 Å². The molecule has 1 radical (unpaired) electrons. The van der Waals surface area contributed by atoms with Crippen LogP contribution in [0.25, 0.3) is 0 Å². The predicted molar refractivity (Wildman–Crippen MR) is 49.6 cm³/mol. The SMILES string of the molecule is C[CH]CCCC(=O)OC(C)(C)C#N. The minimum absolute atomic E-state index is 0.298. The summed E-state index contributed by atoms with van der Waals surface area (Å²) in [6.45, 7) is 5.11. The molecule has 3 nitrogen and oxygen atoms in total. The standard InChI is InChI=1S/C10H16NO2/c1-4-5-6-7-9(12)13-10(2,3)8-11/h4H,5-7H2,1-3H3. The maximum absolute atomic E-state index is 11.1. The predicted octanol–water partition coefficient (Wildman–Crippen LogP) is 2.23. The van der Waals surface area contributed by atoms with Crippen LogP contribution in [0.4, 0.5) is 0 Å². The fraction of sp³-hybridized carbons (Fsp3) is 0.700. The third-order valence-electron chi connectivity index (χ3n) is 1.51. The molecule has 0 aliphatic carbocycles. The lowest BCUT2D eigenvalue weighted by atomic mass is 10.1. The number of hydrogen-bond acceptors (Lipinski definition) is 3. The first-order chi connectivity index (χ1) is 6.02. The van der Waals surface area contributed by atoms with Gasteiger partial charge in [-0.05, 0) is 33.1 Å². The Labute approximate surface area is 79.7 Å². The molecule has 0 aromatic heterocycles. The Morgan fingerprint density at radius 3 is 2.69 bits per heavy atom. The fourth-order valence-electron chi connectivity index (χ4n) is 0.809. The van der Waals surface area contributed by atoms with Crippen LogP contribution in [-0.4, -0.2) is 11.6 Å². The highest BCUT2D eigenvalue weighted by molar-refractivity contribution is 5.70. The van der Waals surface area contributed by atoms with Crippen LogP contribution in [0, 0.1) is 17.8 Å². The van der Waals surface area contributed by atoms with E-state index in [1.54, 1.807) is 13.8 Å². The molecule has 0 aliphatic heterocycles. The lowest BCUT2D eigenvalue weighted by Crippen LogP contribution is -2.25. The Morgan fingerprint density at radius 1 is 1.62 bits per heavy atom. The second-order valence-corrected chi connectivity index (χ2v) is 3.40. The first-order valence-corrected chi connectivity index (χ1v) is 4.43. The van der Waals surface area contributed by atoms with Crippen LogP contribution >= 0.6 is 0 Å². The van der Waals surface area contributed by atoms with E-state index in [2.05, 4.69) is 0 Å². The number of hydrogen-bond donors (Lipinski definition) is 0. The molecular formula is C10H16NO2. The van der Waals surface area contributed by atoms with Gasteiger partial charge in [0, 0.05) is 6.42 Å². The molecule has 0 amide bonds. The van der Waals surface area contributed by atoms with Gasteiger partial charge >= 0.3 is 5.97 Å². The van der Waals surface area contributed by atoms with Gasteiger partial charge in [-0.15, -0.1) is 0 Å². The van der Waals surface area contributed by atoms with Crippen molar-refractivity contribution in [3.8, 4) is 6.07 Å². The van der Waals surface area contributed by atoms with Crippen molar-refractivity contribution in [3.63, 3.8) is 0 Å². The Hall–Kier alpha value is -1.04. The number of nitrogens with zero attached hydrogens (tertiary/aromatic N) is 1. The number of rotatable bonds is 5. The molecule has 0 aromatic rings. The van der Waals surface area contributed by atoms with Crippen LogP contribution in [0.1, 0.15) is 40.0 Å². The molecule has 13 heavy (non-hydrogen) atoms. The number of ether oxygens (including phenoxy) is 1. The molecular weight excluding hydrogens is 166 g/mol. The molecule has 3 heteroatoms. The van der Waals surface area contributed by atoms with Gasteiger partial charge in [-0.2, -0.15) is 5.26 Å². The lowest BCUT2D eigenvalue weighted by Gasteiger charge is -2.16. The highest BCUT2D eigenvalue weighted by Crippen LogP contribution is 2.10. The summed E-state index contributed by atoms with van der Waals surface area (Å²) in [4.78, 5) is 11.1. The normalized spacial score (nSPS) is 10.6. The number of esters is 1. The fourth-order valence-corrected chi connectivity index (χ4v) is 0.809. The summed E-state index contributed by atoms with van der Waals surface area (Å²) in [6, 6.07) is 1.91. The smallest absolute Gasteiger partial charge is 0.307 e. The minimum atomic E-state index is -0.993. The van der Waals surface area contributed by atoms with Crippen LogP contribution in [0.5, 0.6) is 0 Å². The topological polar surface area (TPSA) is 50.1 Å². The molecule has 0 heterocycles. The van der Waals surface area contributed by atoms with Gasteiger partial charge in [0.1, 0.15) is 6.07 Å². The Morgan fingerprint density at radius 2 is 2.23 bits per heavy atom. The number of unbranched alkanes of at least 4 members (excludes halogenated alkanes) is 2. The molecule has 0 rings (SSSR count). The van der Waals surface area contributed by atoms with E-state index in [0.29, 0.717) is 6.42 Å². The molecule has 0 aromatic carbocycles. The molecule has 0 N–H and O–H groups in total. The number of nitriles is 1. The van der Waals surface area contributed by atoms with Gasteiger partial charge in [-0.1, -0.05) is 6.92 Å². The van der Waals surface area contributed by atoms with E-state index >= 15 is 0 Å². The van der Waals surface area contributed by atoms with Crippen molar-refractivity contribution in [1.29, 1.82) is 5.26 Å². The van der Waals surface area contributed by atoms with E-state index in [4.69, 9.17) is 10.00 Å². The van der Waals surface area contributed by atoms with E-state index in [9.17, 15) is 4.79 Å². The highest BCUT2D eigenvalue weighted by Gasteiger charge is 2.21. The summed E-state index contributed by atoms with van der Waals surface area (Å²) in [6.07, 6.45) is 4.08. The zero-order chi connectivity index (χ0) is 10.3. The molecule has 0 saturated heterocycles. The van der Waals surface area contributed by atoms with Crippen LogP contribution in [-0.2, 0) is 9.53 Å². The maximum Gasteiger partial charge on any atom is 0.307 e. The molecule has 0 unspecified atom stereocenters. The zero-order valence-corrected chi connectivity index (χ0v) is 8.46. The van der Waals surface area contributed by atoms with Gasteiger partial charge < -0.3 is 4.74 Å². The van der Waals surface area contributed by atoms with Crippen molar-refractivity contribution in [2.45, 2.75) is 45.6 Å². The maximum atomic E-state index is 11.1. The van der Waals surface area contributed by atoms with Gasteiger partial charge in [0.15, 0.2) is 5.60 Å². The number of carbonyl (C=O) groups excluding carboxylic acids is 1. The van der Waals surface area contributed by atoms with Crippen molar-refractivity contribution in [3.05, 3.63) is 6.42 Å².